The number of anilines is 2. The van der Waals surface area contributed by atoms with Gasteiger partial charge in [0.25, 0.3) is 11.8 Å². The second-order valence-electron chi connectivity index (χ2n) is 11.6. The normalized spacial score (nSPS) is 10.8. The number of hydrogen-bond acceptors (Lipinski definition) is 4. The summed E-state index contributed by atoms with van der Waals surface area (Å²) in [4.78, 5) is 26.3. The van der Waals surface area contributed by atoms with Crippen LogP contribution in [0.2, 0.25) is 0 Å². The lowest BCUT2D eigenvalue weighted by atomic mass is 10.0. The Bertz CT molecular complexity index is 1470. The summed E-state index contributed by atoms with van der Waals surface area (Å²) in [6.45, 7) is 5.53. The Hall–Kier alpha value is -3.62. The maximum Gasteiger partial charge on any atom is 0.259 e. The lowest BCUT2D eigenvalue weighted by Crippen LogP contribution is -2.14. The average Bonchev–Trinajstić information content (AvgIpc) is 3.07. The molecule has 0 heterocycles. The molecule has 8 heteroatoms. The van der Waals surface area contributed by atoms with E-state index in [-0.39, 0.29) is 11.8 Å². The minimum atomic E-state index is -0.214. The van der Waals surface area contributed by atoms with Gasteiger partial charge in [0.2, 0.25) is 0 Å². The quantitative estimate of drug-likeness (QED) is 0.0990. The van der Waals surface area contributed by atoms with Gasteiger partial charge in [0.05, 0.1) is 24.3 Å². The summed E-state index contributed by atoms with van der Waals surface area (Å²) in [6, 6.07) is 26.7. The SMILES string of the molecule is CCCCCCOc1ccc(Br)cc1C(=O)Nc1ccc(Cc2ccc(NC(=O)c3cc(Br)ccc3OCCCCCC)cc2)cc1. The summed E-state index contributed by atoms with van der Waals surface area (Å²) >= 11 is 6.95. The molecule has 0 saturated carbocycles. The summed E-state index contributed by atoms with van der Waals surface area (Å²) in [7, 11) is 0. The van der Waals surface area contributed by atoms with Gasteiger partial charge in [-0.3, -0.25) is 9.59 Å². The van der Waals surface area contributed by atoms with Crippen molar-refractivity contribution in [1.29, 1.82) is 0 Å². The second kappa shape index (κ2) is 19.3. The molecule has 2 amide bonds. The van der Waals surface area contributed by atoms with Gasteiger partial charge in [0.15, 0.2) is 0 Å². The number of carbonyl (C=O) groups excluding carboxylic acids is 2. The van der Waals surface area contributed by atoms with Gasteiger partial charge < -0.3 is 20.1 Å². The molecule has 0 atom stereocenters. The number of benzene rings is 4. The van der Waals surface area contributed by atoms with Crippen LogP contribution in [0, 0.1) is 0 Å². The topological polar surface area (TPSA) is 76.7 Å². The van der Waals surface area contributed by atoms with Crippen molar-refractivity contribution in [3.63, 3.8) is 0 Å². The molecule has 0 fully saturated rings. The van der Waals surface area contributed by atoms with Gasteiger partial charge in [-0.2, -0.15) is 0 Å². The zero-order valence-corrected chi connectivity index (χ0v) is 30.4. The van der Waals surface area contributed by atoms with Gasteiger partial charge in [0.1, 0.15) is 11.5 Å². The van der Waals surface area contributed by atoms with E-state index in [4.69, 9.17) is 9.47 Å². The first kappa shape index (κ1) is 36.2. The first-order chi connectivity index (χ1) is 22.9. The molecular formula is C39H44Br2N2O4. The van der Waals surface area contributed by atoms with Gasteiger partial charge in [-0.1, -0.05) is 108 Å². The number of amides is 2. The number of unbranched alkanes of at least 4 members (excludes halogenated alkanes) is 6. The van der Waals surface area contributed by atoms with Crippen molar-refractivity contribution in [2.24, 2.45) is 0 Å². The van der Waals surface area contributed by atoms with Gasteiger partial charge in [0, 0.05) is 20.3 Å². The minimum Gasteiger partial charge on any atom is -0.493 e. The number of hydrogen-bond donors (Lipinski definition) is 2. The third-order valence-electron chi connectivity index (χ3n) is 7.72. The smallest absolute Gasteiger partial charge is 0.259 e. The molecule has 0 aromatic heterocycles. The molecule has 4 aromatic carbocycles. The Morgan fingerprint density at radius 3 is 1.34 bits per heavy atom. The molecule has 0 saturated heterocycles. The van der Waals surface area contributed by atoms with Crippen molar-refractivity contribution in [3.05, 3.63) is 116 Å². The molecule has 6 nitrogen and oxygen atoms in total. The van der Waals surface area contributed by atoms with Gasteiger partial charge in [-0.15, -0.1) is 0 Å². The third kappa shape index (κ3) is 11.8. The average molecular weight is 765 g/mol. The predicted molar refractivity (Wildman–Crippen MR) is 199 cm³/mol. The van der Waals surface area contributed by atoms with Crippen molar-refractivity contribution < 1.29 is 19.1 Å². The third-order valence-corrected chi connectivity index (χ3v) is 8.70. The summed E-state index contributed by atoms with van der Waals surface area (Å²) in [5.41, 5.74) is 4.63. The highest BCUT2D eigenvalue weighted by molar-refractivity contribution is 9.10. The van der Waals surface area contributed by atoms with E-state index in [0.29, 0.717) is 53.6 Å². The summed E-state index contributed by atoms with van der Waals surface area (Å²) in [5, 5.41) is 6.00. The van der Waals surface area contributed by atoms with Crippen molar-refractivity contribution in [2.75, 3.05) is 23.8 Å². The summed E-state index contributed by atoms with van der Waals surface area (Å²) in [6.07, 6.45) is 9.57. The van der Waals surface area contributed by atoms with E-state index in [0.717, 1.165) is 45.8 Å². The van der Waals surface area contributed by atoms with Gasteiger partial charge in [-0.25, -0.2) is 0 Å². The number of nitrogens with one attached hydrogen (secondary N) is 2. The van der Waals surface area contributed by atoms with Crippen LogP contribution in [0.3, 0.4) is 0 Å². The zero-order chi connectivity index (χ0) is 33.4. The molecule has 0 aliphatic heterocycles. The fraction of sp³-hybridized carbons (Fsp3) is 0.333. The molecule has 0 unspecified atom stereocenters. The molecule has 47 heavy (non-hydrogen) atoms. The zero-order valence-electron chi connectivity index (χ0n) is 27.3. The highest BCUT2D eigenvalue weighted by Gasteiger charge is 2.16. The number of halogens is 2. The molecule has 4 rings (SSSR count). The van der Waals surface area contributed by atoms with E-state index >= 15 is 0 Å². The number of ether oxygens (including phenoxy) is 2. The van der Waals surface area contributed by atoms with Crippen LogP contribution in [0.1, 0.15) is 97.1 Å². The Kier molecular flexibility index (Phi) is 14.8. The van der Waals surface area contributed by atoms with Crippen LogP contribution >= 0.6 is 31.9 Å². The van der Waals surface area contributed by atoms with Crippen molar-refractivity contribution in [3.8, 4) is 11.5 Å². The highest BCUT2D eigenvalue weighted by Crippen LogP contribution is 2.27. The number of carbonyl (C=O) groups is 2. The van der Waals surface area contributed by atoms with Crippen LogP contribution in [0.25, 0.3) is 0 Å². The van der Waals surface area contributed by atoms with E-state index in [1.807, 2.05) is 72.8 Å². The minimum absolute atomic E-state index is 0.214. The lowest BCUT2D eigenvalue weighted by molar-refractivity contribution is 0.101. The first-order valence-corrected chi connectivity index (χ1v) is 18.1. The largest absolute Gasteiger partial charge is 0.493 e. The summed E-state index contributed by atoms with van der Waals surface area (Å²) in [5.74, 6) is 0.742. The van der Waals surface area contributed by atoms with Crippen LogP contribution in [-0.2, 0) is 6.42 Å². The molecule has 0 aliphatic rings. The van der Waals surface area contributed by atoms with Crippen LogP contribution in [0.15, 0.2) is 93.9 Å². The molecule has 248 valence electrons. The Morgan fingerprint density at radius 1 is 0.553 bits per heavy atom. The summed E-state index contributed by atoms with van der Waals surface area (Å²) < 4.78 is 13.6. The highest BCUT2D eigenvalue weighted by atomic mass is 79.9. The van der Waals surface area contributed by atoms with Crippen molar-refractivity contribution in [2.45, 2.75) is 71.6 Å². The Labute approximate surface area is 295 Å². The van der Waals surface area contributed by atoms with E-state index in [1.54, 1.807) is 12.1 Å². The molecule has 0 bridgehead atoms. The maximum atomic E-state index is 13.2. The monoisotopic (exact) mass is 762 g/mol. The van der Waals surface area contributed by atoms with Gasteiger partial charge in [-0.05, 0) is 91.1 Å². The molecule has 0 spiro atoms. The molecule has 0 aliphatic carbocycles. The van der Waals surface area contributed by atoms with Crippen molar-refractivity contribution in [1.82, 2.24) is 0 Å². The van der Waals surface area contributed by atoms with Crippen LogP contribution in [-0.4, -0.2) is 25.0 Å². The maximum absolute atomic E-state index is 13.2. The van der Waals surface area contributed by atoms with Crippen LogP contribution < -0.4 is 20.1 Å². The van der Waals surface area contributed by atoms with Crippen LogP contribution in [0.4, 0.5) is 11.4 Å². The number of rotatable bonds is 18. The lowest BCUT2D eigenvalue weighted by Gasteiger charge is -2.13. The Morgan fingerprint density at radius 2 is 0.957 bits per heavy atom. The fourth-order valence-electron chi connectivity index (χ4n) is 5.08. The first-order valence-electron chi connectivity index (χ1n) is 16.5. The van der Waals surface area contributed by atoms with Gasteiger partial charge >= 0.3 is 0 Å². The molecule has 4 aromatic rings. The van der Waals surface area contributed by atoms with Crippen LogP contribution in [0.5, 0.6) is 11.5 Å². The Balaban J connectivity index is 1.31. The van der Waals surface area contributed by atoms with E-state index in [1.165, 1.54) is 25.7 Å². The fourth-order valence-corrected chi connectivity index (χ4v) is 5.80. The van der Waals surface area contributed by atoms with Crippen molar-refractivity contribution >= 4 is 55.0 Å². The molecule has 2 N–H and O–H groups in total. The standard InChI is InChI=1S/C39H44Br2N2O4/c1-3-5-7-9-23-46-36-21-15-30(40)26-34(36)38(44)42-32-17-11-28(12-18-32)25-29-13-19-33(20-14-29)43-39(45)35-27-31(41)16-22-37(35)47-24-10-8-6-4-2/h11-22,26-27H,3-10,23-25H2,1-2H3,(H,42,44)(H,43,45). The molecular weight excluding hydrogens is 720 g/mol. The molecule has 0 radical (unpaired) electrons. The predicted octanol–water partition coefficient (Wildman–Crippen LogP) is 11.2. The van der Waals surface area contributed by atoms with E-state index in [2.05, 4.69) is 56.3 Å². The van der Waals surface area contributed by atoms with E-state index < -0.39 is 0 Å². The van der Waals surface area contributed by atoms with E-state index in [9.17, 15) is 9.59 Å². The second-order valence-corrected chi connectivity index (χ2v) is 13.4.